The van der Waals surface area contributed by atoms with E-state index in [9.17, 15) is 5.11 Å². The number of methoxy groups -OCH3 is 1. The summed E-state index contributed by atoms with van der Waals surface area (Å²) in [5.41, 5.74) is 3.21. The van der Waals surface area contributed by atoms with Crippen molar-refractivity contribution in [2.75, 3.05) is 20.3 Å². The molecule has 27 heavy (non-hydrogen) atoms. The molecule has 0 saturated carbocycles. The van der Waals surface area contributed by atoms with Gasteiger partial charge in [0.2, 0.25) is 5.88 Å². The largest absolute Gasteiger partial charge is 0.508 e. The summed E-state index contributed by atoms with van der Waals surface area (Å²) < 4.78 is 16.9. The molecule has 1 aliphatic heterocycles. The molecule has 146 valence electrons. The minimum Gasteiger partial charge on any atom is -0.508 e. The van der Waals surface area contributed by atoms with Gasteiger partial charge in [-0.3, -0.25) is 0 Å². The van der Waals surface area contributed by atoms with E-state index in [-0.39, 0.29) is 11.9 Å². The van der Waals surface area contributed by atoms with Gasteiger partial charge in [-0.1, -0.05) is 19.1 Å². The average molecular weight is 371 g/mol. The zero-order valence-electron chi connectivity index (χ0n) is 16.2. The van der Waals surface area contributed by atoms with Crippen LogP contribution in [0, 0.1) is 0 Å². The molecule has 1 saturated heterocycles. The first-order valence-corrected chi connectivity index (χ1v) is 9.78. The Labute approximate surface area is 161 Å². The predicted molar refractivity (Wildman–Crippen MR) is 105 cm³/mol. The molecule has 1 aromatic carbocycles. The van der Waals surface area contributed by atoms with Gasteiger partial charge < -0.3 is 19.3 Å². The first kappa shape index (κ1) is 19.5. The highest BCUT2D eigenvalue weighted by atomic mass is 16.5. The summed E-state index contributed by atoms with van der Waals surface area (Å²) in [6, 6.07) is 9.58. The summed E-state index contributed by atoms with van der Waals surface area (Å²) in [4.78, 5) is 4.54. The van der Waals surface area contributed by atoms with Crippen molar-refractivity contribution in [3.63, 3.8) is 0 Å². The maximum Gasteiger partial charge on any atom is 0.217 e. The molecule has 0 amide bonds. The minimum absolute atomic E-state index is 0.121. The van der Waals surface area contributed by atoms with E-state index in [1.165, 1.54) is 17.5 Å². The third-order valence-corrected chi connectivity index (χ3v) is 4.93. The Morgan fingerprint density at radius 3 is 2.81 bits per heavy atom. The van der Waals surface area contributed by atoms with Crippen LogP contribution in [0.25, 0.3) is 0 Å². The number of aromatic nitrogens is 1. The van der Waals surface area contributed by atoms with Crippen molar-refractivity contribution >= 4 is 0 Å². The fourth-order valence-electron chi connectivity index (χ4n) is 3.37. The maximum atomic E-state index is 10.0. The zero-order chi connectivity index (χ0) is 19.1. The van der Waals surface area contributed by atoms with Gasteiger partial charge in [0.25, 0.3) is 0 Å². The van der Waals surface area contributed by atoms with Gasteiger partial charge in [0.1, 0.15) is 18.1 Å². The van der Waals surface area contributed by atoms with E-state index in [4.69, 9.17) is 14.2 Å². The summed E-state index contributed by atoms with van der Waals surface area (Å²) in [5.74, 6) is 1.56. The monoisotopic (exact) mass is 371 g/mol. The number of rotatable bonds is 8. The van der Waals surface area contributed by atoms with E-state index in [1.807, 2.05) is 0 Å². The van der Waals surface area contributed by atoms with Crippen molar-refractivity contribution in [1.82, 2.24) is 4.98 Å². The Hall–Kier alpha value is -2.27. The predicted octanol–water partition coefficient (Wildman–Crippen LogP) is 4.09. The normalized spacial score (nSPS) is 16.9. The van der Waals surface area contributed by atoms with E-state index in [0.29, 0.717) is 12.5 Å². The van der Waals surface area contributed by atoms with Crippen molar-refractivity contribution in [3.05, 3.63) is 47.2 Å². The highest BCUT2D eigenvalue weighted by Crippen LogP contribution is 2.23. The Bertz CT molecular complexity index is 741. The second-order valence-electron chi connectivity index (χ2n) is 6.95. The summed E-state index contributed by atoms with van der Waals surface area (Å²) in [6.45, 7) is 3.40. The lowest BCUT2D eigenvalue weighted by atomic mass is 10.0. The summed E-state index contributed by atoms with van der Waals surface area (Å²) in [6.07, 6.45) is 5.92. The lowest BCUT2D eigenvalue weighted by molar-refractivity contribution is -0.0120. The molecule has 1 unspecified atom stereocenters. The molecule has 1 fully saturated rings. The minimum atomic E-state index is 0.121. The van der Waals surface area contributed by atoms with Crippen LogP contribution in [0.5, 0.6) is 17.4 Å². The van der Waals surface area contributed by atoms with E-state index in [0.717, 1.165) is 50.2 Å². The highest BCUT2D eigenvalue weighted by molar-refractivity contribution is 5.38. The summed E-state index contributed by atoms with van der Waals surface area (Å²) in [5, 5.41) is 10.0. The van der Waals surface area contributed by atoms with E-state index < -0.39 is 0 Å². The molecular weight excluding hydrogens is 342 g/mol. The molecule has 1 aromatic heterocycles. The first-order valence-electron chi connectivity index (χ1n) is 9.78. The number of aromatic hydroxyl groups is 1. The van der Waals surface area contributed by atoms with Crippen LogP contribution in [0.3, 0.4) is 0 Å². The third-order valence-electron chi connectivity index (χ3n) is 4.93. The lowest BCUT2D eigenvalue weighted by Crippen LogP contribution is -2.26. The molecule has 1 aliphatic rings. The van der Waals surface area contributed by atoms with Crippen LogP contribution in [-0.4, -0.2) is 36.5 Å². The molecule has 0 radical (unpaired) electrons. The Morgan fingerprint density at radius 1 is 1.19 bits per heavy atom. The Balaban J connectivity index is 1.60. The van der Waals surface area contributed by atoms with Crippen LogP contribution in [-0.2, 0) is 24.0 Å². The van der Waals surface area contributed by atoms with Gasteiger partial charge >= 0.3 is 0 Å². The molecule has 3 rings (SSSR count). The number of pyridine rings is 1. The molecule has 0 spiro atoms. The smallest absolute Gasteiger partial charge is 0.217 e. The molecule has 5 heteroatoms. The highest BCUT2D eigenvalue weighted by Gasteiger charge is 2.15. The van der Waals surface area contributed by atoms with Gasteiger partial charge in [0.05, 0.1) is 13.2 Å². The van der Waals surface area contributed by atoms with E-state index in [2.05, 4.69) is 30.1 Å². The van der Waals surface area contributed by atoms with Gasteiger partial charge in [-0.2, -0.15) is 0 Å². The quantitative estimate of drug-likeness (QED) is 0.757. The molecule has 2 aromatic rings. The molecule has 1 N–H and O–H groups in total. The second-order valence-corrected chi connectivity index (χ2v) is 6.95. The van der Waals surface area contributed by atoms with Crippen molar-refractivity contribution in [3.8, 4) is 17.4 Å². The topological polar surface area (TPSA) is 60.8 Å². The van der Waals surface area contributed by atoms with Gasteiger partial charge in [-0.25, -0.2) is 4.98 Å². The van der Waals surface area contributed by atoms with Crippen LogP contribution in [0.1, 0.15) is 43.0 Å². The van der Waals surface area contributed by atoms with Gasteiger partial charge in [0, 0.05) is 24.4 Å². The van der Waals surface area contributed by atoms with Gasteiger partial charge in [-0.15, -0.1) is 0 Å². The lowest BCUT2D eigenvalue weighted by Gasteiger charge is -2.22. The zero-order valence-corrected chi connectivity index (χ0v) is 16.2. The fourth-order valence-corrected chi connectivity index (χ4v) is 3.37. The SMILES string of the molecule is CCc1ccc(CCc2cc(O)cc(OCC3CCCCO3)n2)cc1OC. The second kappa shape index (κ2) is 9.60. The average Bonchev–Trinajstić information content (AvgIpc) is 2.71. The Kier molecular flexibility index (Phi) is 6.93. The van der Waals surface area contributed by atoms with Crippen LogP contribution >= 0.6 is 0 Å². The molecule has 1 atom stereocenters. The van der Waals surface area contributed by atoms with E-state index in [1.54, 1.807) is 19.2 Å². The molecular formula is C22H29NO4. The number of benzene rings is 1. The number of nitrogens with zero attached hydrogens (tertiary/aromatic N) is 1. The summed E-state index contributed by atoms with van der Waals surface area (Å²) in [7, 11) is 1.70. The van der Waals surface area contributed by atoms with Crippen molar-refractivity contribution in [1.29, 1.82) is 0 Å². The number of ether oxygens (including phenoxy) is 3. The molecule has 0 bridgehead atoms. The maximum absolute atomic E-state index is 10.0. The van der Waals surface area contributed by atoms with Crippen LogP contribution in [0.15, 0.2) is 30.3 Å². The third kappa shape index (κ3) is 5.60. The number of aryl methyl sites for hydroxylation is 3. The summed E-state index contributed by atoms with van der Waals surface area (Å²) >= 11 is 0. The molecule has 2 heterocycles. The van der Waals surface area contributed by atoms with Crippen LogP contribution < -0.4 is 9.47 Å². The fraction of sp³-hybridized carbons (Fsp3) is 0.500. The van der Waals surface area contributed by atoms with E-state index >= 15 is 0 Å². The van der Waals surface area contributed by atoms with Crippen LogP contribution in [0.2, 0.25) is 0 Å². The van der Waals surface area contributed by atoms with Crippen LogP contribution in [0.4, 0.5) is 0 Å². The number of hydrogen-bond donors (Lipinski definition) is 1. The number of hydrogen-bond acceptors (Lipinski definition) is 5. The standard InChI is InChI=1S/C22H29NO4/c1-3-17-9-7-16(12-21(17)25-2)8-10-18-13-19(24)14-22(23-18)27-15-20-6-4-5-11-26-20/h7,9,12-14,20H,3-6,8,10-11,15H2,1-2H3,(H,23,24). The molecule has 5 nitrogen and oxygen atoms in total. The van der Waals surface area contributed by atoms with Crippen molar-refractivity contribution in [2.24, 2.45) is 0 Å². The molecule has 0 aliphatic carbocycles. The van der Waals surface area contributed by atoms with Gasteiger partial charge in [-0.05, 0) is 55.7 Å². The van der Waals surface area contributed by atoms with Crippen molar-refractivity contribution < 1.29 is 19.3 Å². The Morgan fingerprint density at radius 2 is 2.07 bits per heavy atom. The van der Waals surface area contributed by atoms with Crippen molar-refractivity contribution in [2.45, 2.75) is 51.6 Å². The van der Waals surface area contributed by atoms with Gasteiger partial charge in [0.15, 0.2) is 0 Å². The first-order chi connectivity index (χ1) is 13.2.